The van der Waals surface area contributed by atoms with E-state index in [1.54, 1.807) is 0 Å². The van der Waals surface area contributed by atoms with Crippen molar-refractivity contribution in [2.75, 3.05) is 0 Å². The molecule has 74 valence electrons. The van der Waals surface area contributed by atoms with Crippen molar-refractivity contribution in [3.8, 4) is 5.75 Å². The van der Waals surface area contributed by atoms with E-state index in [9.17, 15) is 0 Å². The molecule has 2 rings (SSSR count). The topological polar surface area (TPSA) is 38.2 Å². The number of rotatable bonds is 2. The molecule has 0 unspecified atom stereocenters. The average Bonchev–Trinajstić information content (AvgIpc) is 2.42. The van der Waals surface area contributed by atoms with Gasteiger partial charge in [0.05, 0.1) is 11.6 Å². The molecule has 1 N–H and O–H groups in total. The molecule has 4 heteroatoms. The average molecular weight is 209 g/mol. The molecule has 0 atom stereocenters. The highest BCUT2D eigenvalue weighted by atomic mass is 32.1. The standard InChI is InChI=1S/C10H11NO2S/c1-6(2)12-7-3-4-8-9(5-7)13-10(14)11-8/h3-6H,1-2H3,(H,11,14). The first-order valence-corrected chi connectivity index (χ1v) is 4.85. The number of hydrogen-bond acceptors (Lipinski definition) is 3. The SMILES string of the molecule is CC(C)Oc1ccc2[nH]c(=S)oc2c1. The lowest BCUT2D eigenvalue weighted by molar-refractivity contribution is 0.242. The first-order chi connectivity index (χ1) is 6.65. The summed E-state index contributed by atoms with van der Waals surface area (Å²) in [6, 6.07) is 5.62. The highest BCUT2D eigenvalue weighted by molar-refractivity contribution is 7.71. The number of H-pyrrole nitrogens is 1. The predicted octanol–water partition coefficient (Wildman–Crippen LogP) is 3.28. The molecule has 0 amide bonds. The Morgan fingerprint density at radius 1 is 1.43 bits per heavy atom. The summed E-state index contributed by atoms with van der Waals surface area (Å²) in [4.78, 5) is 3.32. The number of hydrogen-bond donors (Lipinski definition) is 1. The second kappa shape index (κ2) is 3.46. The Balaban J connectivity index is 2.45. The quantitative estimate of drug-likeness (QED) is 0.771. The molecule has 0 saturated carbocycles. The van der Waals surface area contributed by atoms with Crippen molar-refractivity contribution in [1.82, 2.24) is 4.98 Å². The van der Waals surface area contributed by atoms with Gasteiger partial charge in [-0.1, -0.05) is 0 Å². The van der Waals surface area contributed by atoms with Crippen molar-refractivity contribution >= 4 is 23.3 Å². The third-order valence-corrected chi connectivity index (χ3v) is 1.95. The van der Waals surface area contributed by atoms with E-state index < -0.39 is 0 Å². The van der Waals surface area contributed by atoms with Crippen molar-refractivity contribution in [2.24, 2.45) is 0 Å². The van der Waals surface area contributed by atoms with E-state index in [1.165, 1.54) is 0 Å². The van der Waals surface area contributed by atoms with E-state index in [1.807, 2.05) is 32.0 Å². The van der Waals surface area contributed by atoms with Gasteiger partial charge in [0.25, 0.3) is 4.84 Å². The minimum Gasteiger partial charge on any atom is -0.491 e. The van der Waals surface area contributed by atoms with Gasteiger partial charge in [-0.3, -0.25) is 0 Å². The van der Waals surface area contributed by atoms with Crippen LogP contribution < -0.4 is 4.74 Å². The molecule has 14 heavy (non-hydrogen) atoms. The van der Waals surface area contributed by atoms with Crippen LogP contribution in [0, 0.1) is 4.84 Å². The third kappa shape index (κ3) is 1.80. The Bertz CT molecular complexity index is 498. The zero-order valence-corrected chi connectivity index (χ0v) is 8.85. The Kier molecular flexibility index (Phi) is 2.29. The number of ether oxygens (including phenoxy) is 1. The maximum absolute atomic E-state index is 5.52. The maximum Gasteiger partial charge on any atom is 0.266 e. The molecule has 0 aliphatic heterocycles. The molecule has 0 spiro atoms. The molecule has 0 radical (unpaired) electrons. The molecular weight excluding hydrogens is 198 g/mol. The molecule has 0 saturated heterocycles. The highest BCUT2D eigenvalue weighted by Crippen LogP contribution is 2.21. The number of aromatic amines is 1. The summed E-state index contributed by atoms with van der Waals surface area (Å²) in [6.45, 7) is 3.97. The number of oxazole rings is 1. The first kappa shape index (κ1) is 9.27. The fraction of sp³-hybridized carbons (Fsp3) is 0.300. The van der Waals surface area contributed by atoms with E-state index in [0.717, 1.165) is 16.8 Å². The molecule has 3 nitrogen and oxygen atoms in total. The normalized spacial score (nSPS) is 11.1. The molecule has 1 aromatic carbocycles. The minimum atomic E-state index is 0.161. The second-order valence-electron chi connectivity index (χ2n) is 3.34. The molecular formula is C10H11NO2S. The van der Waals surface area contributed by atoms with Crippen LogP contribution in [-0.2, 0) is 0 Å². The molecule has 0 aliphatic carbocycles. The van der Waals surface area contributed by atoms with Gasteiger partial charge in [0, 0.05) is 6.07 Å². The van der Waals surface area contributed by atoms with E-state index in [4.69, 9.17) is 21.4 Å². The number of aromatic nitrogens is 1. The lowest BCUT2D eigenvalue weighted by Crippen LogP contribution is -2.04. The van der Waals surface area contributed by atoms with E-state index in [2.05, 4.69) is 4.98 Å². The molecule has 0 fully saturated rings. The summed E-state index contributed by atoms with van der Waals surface area (Å²) < 4.78 is 10.8. The fourth-order valence-corrected chi connectivity index (χ4v) is 1.47. The predicted molar refractivity (Wildman–Crippen MR) is 57.2 cm³/mol. The summed E-state index contributed by atoms with van der Waals surface area (Å²) in [5, 5.41) is 0. The van der Waals surface area contributed by atoms with Crippen LogP contribution in [0.25, 0.3) is 11.1 Å². The van der Waals surface area contributed by atoms with Gasteiger partial charge in [0.15, 0.2) is 5.58 Å². The summed E-state index contributed by atoms with van der Waals surface area (Å²) in [7, 11) is 0. The van der Waals surface area contributed by atoms with E-state index >= 15 is 0 Å². The first-order valence-electron chi connectivity index (χ1n) is 4.44. The summed E-state index contributed by atoms with van der Waals surface area (Å²) in [5.74, 6) is 0.797. The van der Waals surface area contributed by atoms with Crippen molar-refractivity contribution in [3.05, 3.63) is 23.0 Å². The van der Waals surface area contributed by atoms with Crippen LogP contribution in [-0.4, -0.2) is 11.1 Å². The van der Waals surface area contributed by atoms with Crippen LogP contribution in [0.5, 0.6) is 5.75 Å². The smallest absolute Gasteiger partial charge is 0.266 e. The van der Waals surface area contributed by atoms with Crippen molar-refractivity contribution in [1.29, 1.82) is 0 Å². The Labute approximate surface area is 86.7 Å². The number of nitrogens with one attached hydrogen (secondary N) is 1. The third-order valence-electron chi connectivity index (χ3n) is 1.76. The zero-order chi connectivity index (χ0) is 10.1. The van der Waals surface area contributed by atoms with Gasteiger partial charge in [0.1, 0.15) is 5.75 Å². The van der Waals surface area contributed by atoms with Crippen LogP contribution in [0.15, 0.2) is 22.6 Å². The fourth-order valence-electron chi connectivity index (χ4n) is 1.27. The van der Waals surface area contributed by atoms with Gasteiger partial charge >= 0.3 is 0 Å². The summed E-state index contributed by atoms with van der Waals surface area (Å²) in [6.07, 6.45) is 0.161. The number of fused-ring (bicyclic) bond motifs is 1. The molecule has 2 aromatic rings. The summed E-state index contributed by atoms with van der Waals surface area (Å²) in [5.41, 5.74) is 1.62. The highest BCUT2D eigenvalue weighted by Gasteiger charge is 2.02. The van der Waals surface area contributed by atoms with Crippen LogP contribution in [0.3, 0.4) is 0 Å². The van der Waals surface area contributed by atoms with Crippen LogP contribution in [0.2, 0.25) is 0 Å². The van der Waals surface area contributed by atoms with E-state index in [0.29, 0.717) is 4.84 Å². The number of benzene rings is 1. The van der Waals surface area contributed by atoms with Gasteiger partial charge in [-0.15, -0.1) is 0 Å². The summed E-state index contributed by atoms with van der Waals surface area (Å²) >= 11 is 4.88. The Hall–Kier alpha value is -1.29. The zero-order valence-electron chi connectivity index (χ0n) is 8.03. The Morgan fingerprint density at radius 3 is 2.93 bits per heavy atom. The lowest BCUT2D eigenvalue weighted by Gasteiger charge is -2.08. The van der Waals surface area contributed by atoms with Gasteiger partial charge in [0.2, 0.25) is 0 Å². The molecule has 1 heterocycles. The van der Waals surface area contributed by atoms with Crippen LogP contribution >= 0.6 is 12.2 Å². The van der Waals surface area contributed by atoms with Crippen molar-refractivity contribution in [2.45, 2.75) is 20.0 Å². The molecule has 0 aliphatic rings. The Morgan fingerprint density at radius 2 is 2.21 bits per heavy atom. The second-order valence-corrected chi connectivity index (χ2v) is 3.71. The molecule has 0 bridgehead atoms. The van der Waals surface area contributed by atoms with Gasteiger partial charge < -0.3 is 14.1 Å². The van der Waals surface area contributed by atoms with Crippen molar-refractivity contribution < 1.29 is 9.15 Å². The van der Waals surface area contributed by atoms with Crippen molar-refractivity contribution in [3.63, 3.8) is 0 Å². The van der Waals surface area contributed by atoms with Crippen LogP contribution in [0.1, 0.15) is 13.8 Å². The molecule has 1 aromatic heterocycles. The maximum atomic E-state index is 5.52. The van der Waals surface area contributed by atoms with E-state index in [-0.39, 0.29) is 6.10 Å². The van der Waals surface area contributed by atoms with Gasteiger partial charge in [-0.2, -0.15) is 0 Å². The van der Waals surface area contributed by atoms with Crippen LogP contribution in [0.4, 0.5) is 0 Å². The lowest BCUT2D eigenvalue weighted by atomic mass is 10.3. The minimum absolute atomic E-state index is 0.161. The van der Waals surface area contributed by atoms with Gasteiger partial charge in [-0.05, 0) is 38.2 Å². The largest absolute Gasteiger partial charge is 0.491 e. The monoisotopic (exact) mass is 209 g/mol. The van der Waals surface area contributed by atoms with Gasteiger partial charge in [-0.25, -0.2) is 0 Å².